The van der Waals surface area contributed by atoms with Crippen molar-refractivity contribution in [3.63, 3.8) is 0 Å². The van der Waals surface area contributed by atoms with E-state index in [1.165, 1.54) is 25.7 Å². The number of halogens is 1. The van der Waals surface area contributed by atoms with E-state index in [1.807, 2.05) is 0 Å². The highest BCUT2D eigenvalue weighted by Crippen LogP contribution is 2.34. The lowest BCUT2D eigenvalue weighted by molar-refractivity contribution is 0.500. The molecule has 0 amide bonds. The standard InChI is InChI=1S/C9H15I/c1-3-8-6-7(2)4-5-9(8)10/h7H,3-6H2,1-2H3/t7-/m0/s1. The molecule has 10 heavy (non-hydrogen) atoms. The first-order chi connectivity index (χ1) is 4.74. The van der Waals surface area contributed by atoms with Gasteiger partial charge in [0.2, 0.25) is 0 Å². The summed E-state index contributed by atoms with van der Waals surface area (Å²) < 4.78 is 1.64. The molecule has 0 nitrogen and oxygen atoms in total. The normalized spacial score (nSPS) is 27.3. The van der Waals surface area contributed by atoms with Crippen LogP contribution in [0.3, 0.4) is 0 Å². The maximum Gasteiger partial charge on any atom is -0.0102 e. The van der Waals surface area contributed by atoms with Gasteiger partial charge in [-0.15, -0.1) is 0 Å². The third-order valence-corrected chi connectivity index (χ3v) is 3.56. The van der Waals surface area contributed by atoms with Crippen molar-refractivity contribution in [2.75, 3.05) is 0 Å². The molecular weight excluding hydrogens is 235 g/mol. The van der Waals surface area contributed by atoms with Crippen LogP contribution in [0.25, 0.3) is 0 Å². The molecule has 0 aliphatic heterocycles. The van der Waals surface area contributed by atoms with Crippen LogP contribution in [0.2, 0.25) is 0 Å². The van der Waals surface area contributed by atoms with E-state index >= 15 is 0 Å². The summed E-state index contributed by atoms with van der Waals surface area (Å²) in [5.41, 5.74) is 1.71. The minimum atomic E-state index is 0.938. The van der Waals surface area contributed by atoms with Crippen LogP contribution in [0.1, 0.15) is 39.5 Å². The van der Waals surface area contributed by atoms with Gasteiger partial charge in [-0.3, -0.25) is 0 Å². The second-order valence-electron chi connectivity index (χ2n) is 3.21. The molecule has 0 saturated heterocycles. The fraction of sp³-hybridized carbons (Fsp3) is 0.778. The van der Waals surface area contributed by atoms with E-state index in [-0.39, 0.29) is 0 Å². The Morgan fingerprint density at radius 3 is 2.80 bits per heavy atom. The van der Waals surface area contributed by atoms with Crippen molar-refractivity contribution in [1.82, 2.24) is 0 Å². The minimum absolute atomic E-state index is 0.938. The van der Waals surface area contributed by atoms with Crippen molar-refractivity contribution < 1.29 is 0 Å². The third-order valence-electron chi connectivity index (χ3n) is 2.26. The van der Waals surface area contributed by atoms with Gasteiger partial charge < -0.3 is 0 Å². The summed E-state index contributed by atoms with van der Waals surface area (Å²) in [4.78, 5) is 0. The largest absolute Gasteiger partial charge is 0.0622 e. The number of hydrogen-bond acceptors (Lipinski definition) is 0. The van der Waals surface area contributed by atoms with E-state index < -0.39 is 0 Å². The molecule has 1 heteroatoms. The van der Waals surface area contributed by atoms with E-state index in [9.17, 15) is 0 Å². The monoisotopic (exact) mass is 250 g/mol. The Hall–Kier alpha value is 0.470. The zero-order chi connectivity index (χ0) is 7.56. The van der Waals surface area contributed by atoms with Crippen LogP contribution in [0.15, 0.2) is 9.15 Å². The average Bonchev–Trinajstić information content (AvgIpc) is 1.94. The van der Waals surface area contributed by atoms with Crippen molar-refractivity contribution in [2.24, 2.45) is 5.92 Å². The maximum atomic E-state index is 2.51. The van der Waals surface area contributed by atoms with Crippen LogP contribution < -0.4 is 0 Å². The van der Waals surface area contributed by atoms with E-state index in [0.717, 1.165) is 5.92 Å². The van der Waals surface area contributed by atoms with Crippen LogP contribution >= 0.6 is 22.6 Å². The van der Waals surface area contributed by atoms with Gasteiger partial charge in [0.25, 0.3) is 0 Å². The highest BCUT2D eigenvalue weighted by molar-refractivity contribution is 14.1. The lowest BCUT2D eigenvalue weighted by Gasteiger charge is -2.20. The maximum absolute atomic E-state index is 2.51. The molecule has 0 saturated carbocycles. The summed E-state index contributed by atoms with van der Waals surface area (Å²) in [6, 6.07) is 0. The molecular formula is C9H15I. The molecule has 0 heterocycles. The first-order valence-corrected chi connectivity index (χ1v) is 5.18. The van der Waals surface area contributed by atoms with Crippen LogP contribution in [0, 0.1) is 5.92 Å². The minimum Gasteiger partial charge on any atom is -0.0622 e. The Morgan fingerprint density at radius 1 is 1.60 bits per heavy atom. The molecule has 0 aromatic rings. The molecule has 0 fully saturated rings. The summed E-state index contributed by atoms with van der Waals surface area (Å²) in [6.45, 7) is 4.63. The highest BCUT2D eigenvalue weighted by Gasteiger charge is 2.14. The molecule has 1 atom stereocenters. The first kappa shape index (κ1) is 8.57. The number of allylic oxidation sites excluding steroid dienone is 2. The second-order valence-corrected chi connectivity index (χ2v) is 4.51. The molecule has 0 unspecified atom stereocenters. The van der Waals surface area contributed by atoms with Crippen LogP contribution in [0.5, 0.6) is 0 Å². The van der Waals surface area contributed by atoms with Gasteiger partial charge in [-0.1, -0.05) is 19.4 Å². The van der Waals surface area contributed by atoms with E-state index in [0.29, 0.717) is 0 Å². The number of hydrogen-bond donors (Lipinski definition) is 0. The highest BCUT2D eigenvalue weighted by atomic mass is 127. The summed E-state index contributed by atoms with van der Waals surface area (Å²) >= 11 is 2.51. The van der Waals surface area contributed by atoms with Gasteiger partial charge in [0.15, 0.2) is 0 Å². The molecule has 1 aliphatic carbocycles. The van der Waals surface area contributed by atoms with Crippen LogP contribution in [-0.2, 0) is 0 Å². The van der Waals surface area contributed by atoms with Crippen molar-refractivity contribution in [1.29, 1.82) is 0 Å². The number of rotatable bonds is 1. The Balaban J connectivity index is 2.62. The lowest BCUT2D eigenvalue weighted by Crippen LogP contribution is -2.04. The lowest BCUT2D eigenvalue weighted by atomic mass is 9.89. The summed E-state index contributed by atoms with van der Waals surface area (Å²) in [5, 5.41) is 0. The molecule has 0 aromatic heterocycles. The van der Waals surface area contributed by atoms with E-state index in [1.54, 1.807) is 9.15 Å². The smallest absolute Gasteiger partial charge is 0.0102 e. The van der Waals surface area contributed by atoms with Gasteiger partial charge >= 0.3 is 0 Å². The van der Waals surface area contributed by atoms with E-state index in [4.69, 9.17) is 0 Å². The molecule has 0 radical (unpaired) electrons. The molecule has 1 rings (SSSR count). The zero-order valence-electron chi connectivity index (χ0n) is 6.78. The summed E-state index contributed by atoms with van der Waals surface area (Å²) in [6.07, 6.45) is 5.37. The Kier molecular flexibility index (Phi) is 3.21. The predicted octanol–water partition coefficient (Wildman–Crippen LogP) is 3.91. The van der Waals surface area contributed by atoms with Crippen LogP contribution in [-0.4, -0.2) is 0 Å². The van der Waals surface area contributed by atoms with Gasteiger partial charge in [0.1, 0.15) is 0 Å². The Labute approximate surface area is 77.2 Å². The third kappa shape index (κ3) is 1.97. The quantitative estimate of drug-likeness (QED) is 0.619. The van der Waals surface area contributed by atoms with Crippen LogP contribution in [0.4, 0.5) is 0 Å². The van der Waals surface area contributed by atoms with Gasteiger partial charge in [-0.2, -0.15) is 0 Å². The molecule has 0 N–H and O–H groups in total. The van der Waals surface area contributed by atoms with Crippen molar-refractivity contribution in [3.05, 3.63) is 9.15 Å². The fourth-order valence-corrected chi connectivity index (χ4v) is 2.43. The molecule has 0 spiro atoms. The zero-order valence-corrected chi connectivity index (χ0v) is 8.94. The van der Waals surface area contributed by atoms with E-state index in [2.05, 4.69) is 36.4 Å². The Bertz CT molecular complexity index is 147. The van der Waals surface area contributed by atoms with Gasteiger partial charge in [0.05, 0.1) is 0 Å². The van der Waals surface area contributed by atoms with Crippen molar-refractivity contribution >= 4 is 22.6 Å². The van der Waals surface area contributed by atoms with Gasteiger partial charge in [-0.05, 0) is 57.8 Å². The predicted molar refractivity (Wildman–Crippen MR) is 54.4 cm³/mol. The summed E-state index contributed by atoms with van der Waals surface area (Å²) in [5.74, 6) is 0.938. The van der Waals surface area contributed by atoms with Gasteiger partial charge in [0, 0.05) is 0 Å². The molecule has 0 aromatic carbocycles. The molecule has 0 bridgehead atoms. The van der Waals surface area contributed by atoms with Crippen molar-refractivity contribution in [2.45, 2.75) is 39.5 Å². The average molecular weight is 250 g/mol. The molecule has 58 valence electrons. The van der Waals surface area contributed by atoms with Crippen molar-refractivity contribution in [3.8, 4) is 0 Å². The second kappa shape index (κ2) is 3.74. The Morgan fingerprint density at radius 2 is 2.30 bits per heavy atom. The molecule has 1 aliphatic rings. The first-order valence-electron chi connectivity index (χ1n) is 4.10. The topological polar surface area (TPSA) is 0 Å². The SMILES string of the molecule is CCC1=C(I)CC[C@H](C)C1. The van der Waals surface area contributed by atoms with Gasteiger partial charge in [-0.25, -0.2) is 0 Å². The summed E-state index contributed by atoms with van der Waals surface area (Å²) in [7, 11) is 0. The fourth-order valence-electron chi connectivity index (χ4n) is 1.52.